The highest BCUT2D eigenvalue weighted by atomic mass is 16.5. The Labute approximate surface area is 445 Å². The lowest BCUT2D eigenvalue weighted by Crippen LogP contribution is -2.71. The lowest BCUT2D eigenvalue weighted by molar-refractivity contribution is -0.774. The molecule has 0 amide bonds. The number of para-hydroxylation sites is 1. The molecule has 7 aromatic carbocycles. The molecular weight excluding hydrogens is 899 g/mol. The topological polar surface area (TPSA) is 19.6 Å². The van der Waals surface area contributed by atoms with Crippen LogP contribution in [0, 0.1) is 6.85 Å². The van der Waals surface area contributed by atoms with Gasteiger partial charge in [0.15, 0.2) is 6.20 Å². The molecule has 1 aromatic heterocycles. The third-order valence-electron chi connectivity index (χ3n) is 16.4. The molecule has 4 aliphatic heterocycles. The molecule has 8 aromatic rings. The van der Waals surface area contributed by atoms with Crippen molar-refractivity contribution in [3.63, 3.8) is 0 Å². The second kappa shape index (κ2) is 15.8. The van der Waals surface area contributed by atoms with Crippen LogP contribution in [0.25, 0.3) is 55.8 Å². The van der Waals surface area contributed by atoms with Crippen LogP contribution in [-0.2, 0) is 32.9 Å². The van der Waals surface area contributed by atoms with Gasteiger partial charge in [-0.05, 0) is 132 Å². The maximum Gasteiger partial charge on any atom is 0.432 e. The van der Waals surface area contributed by atoms with E-state index in [1.54, 1.807) is 0 Å². The van der Waals surface area contributed by atoms with Gasteiger partial charge in [-0.1, -0.05) is 201 Å². The molecule has 374 valence electrons. The van der Waals surface area contributed by atoms with Crippen molar-refractivity contribution in [2.45, 2.75) is 150 Å². The molecule has 0 radical (unpaired) electrons. The number of rotatable bonds is 4. The summed E-state index contributed by atoms with van der Waals surface area (Å²) < 4.78 is 39.1. The summed E-state index contributed by atoms with van der Waals surface area (Å²) in [6, 6.07) is 53.5. The van der Waals surface area contributed by atoms with Crippen molar-refractivity contribution >= 4 is 17.1 Å². The Balaban J connectivity index is 1.18. The monoisotopic (exact) mass is 976 g/mol. The fourth-order valence-corrected chi connectivity index (χ4v) is 12.1. The van der Waals surface area contributed by atoms with E-state index >= 15 is 0 Å². The predicted molar refractivity (Wildman–Crippen MR) is 310 cm³/mol. The third kappa shape index (κ3) is 7.25. The molecule has 0 bridgehead atoms. The van der Waals surface area contributed by atoms with E-state index < -0.39 is 18.9 Å². The Kier molecular flexibility index (Phi) is 9.52. The molecule has 4 aliphatic rings. The number of aryl methyl sites for hydroxylation is 1. The van der Waals surface area contributed by atoms with E-state index in [9.17, 15) is 4.11 Å². The van der Waals surface area contributed by atoms with Gasteiger partial charge >= 0.3 is 5.85 Å². The van der Waals surface area contributed by atoms with E-state index in [0.29, 0.717) is 11.3 Å². The minimum absolute atomic E-state index is 0.0276. The summed E-state index contributed by atoms with van der Waals surface area (Å²) in [6.45, 7) is 31.5. The number of ether oxygens (including phenoxy) is 1. The Morgan fingerprint density at radius 1 is 0.473 bits per heavy atom. The van der Waals surface area contributed by atoms with Gasteiger partial charge < -0.3 is 9.64 Å². The van der Waals surface area contributed by atoms with Crippen LogP contribution in [0.15, 0.2) is 152 Å². The van der Waals surface area contributed by atoms with Crippen LogP contribution < -0.4 is 19.1 Å². The second-order valence-electron chi connectivity index (χ2n) is 26.8. The molecule has 2 atom stereocenters. The van der Waals surface area contributed by atoms with Crippen LogP contribution in [0.4, 0.5) is 17.1 Å². The lowest BCUT2D eigenvalue weighted by Gasteiger charge is -2.49. The first kappa shape index (κ1) is 44.6. The first-order valence-electron chi connectivity index (χ1n) is 28.3. The van der Waals surface area contributed by atoms with E-state index in [1.165, 1.54) is 22.3 Å². The van der Waals surface area contributed by atoms with E-state index in [4.69, 9.17) is 4.74 Å². The largest absolute Gasteiger partial charge is 0.432 e. The minimum atomic E-state index is -2.47. The van der Waals surface area contributed by atoms with Gasteiger partial charge in [-0.3, -0.25) is 0 Å². The zero-order chi connectivity index (χ0) is 54.9. The first-order valence-corrected chi connectivity index (χ1v) is 26.8. The molecule has 5 heterocycles. The summed E-state index contributed by atoms with van der Waals surface area (Å²) >= 11 is 0. The standard InChI is InChI=1S/C70H74N3O/c1-42-33-45(47-34-50(66(5,6)7)39-51(35-47)67(8,9)10)27-30-58(42)72-59-24-20-23-53-54-36-48(43-21-18-17-19-22-43)37-55-60-38-46(44-25-28-49(29-26-44)65(2,3)4)31-32-71(60)70(61(54)55)73(62(53)59)64(72)56-40-52(68(11,12)13)41-57(63(56)74-70)69(14,15)16/h17-41,64H,1-16H3/q+1/i1D3. The number of hydrogen-bond donors (Lipinski definition) is 0. The molecule has 12 rings (SSSR count). The molecule has 0 N–H and O–H groups in total. The highest BCUT2D eigenvalue weighted by molar-refractivity contribution is 6.03. The summed E-state index contributed by atoms with van der Waals surface area (Å²) in [7, 11) is 0. The number of fused-ring (bicyclic) bond motifs is 5. The average Bonchev–Trinajstić information content (AvgIpc) is 4.02. The van der Waals surface area contributed by atoms with E-state index in [-0.39, 0.29) is 27.1 Å². The Bertz CT molecular complexity index is 3710. The van der Waals surface area contributed by atoms with Crippen molar-refractivity contribution in [1.29, 1.82) is 0 Å². The molecule has 0 fully saturated rings. The van der Waals surface area contributed by atoms with Crippen molar-refractivity contribution in [3.05, 3.63) is 196 Å². The number of nitrogens with zero attached hydrogens (tertiary/aromatic N) is 3. The van der Waals surface area contributed by atoms with Crippen LogP contribution in [0.5, 0.6) is 5.75 Å². The van der Waals surface area contributed by atoms with Gasteiger partial charge in [0.05, 0.1) is 16.9 Å². The molecular formula is C70H74N3O+. The van der Waals surface area contributed by atoms with Gasteiger partial charge in [0, 0.05) is 44.2 Å². The van der Waals surface area contributed by atoms with Crippen LogP contribution in [-0.4, -0.2) is 0 Å². The van der Waals surface area contributed by atoms with Gasteiger partial charge in [-0.2, -0.15) is 0 Å². The zero-order valence-corrected chi connectivity index (χ0v) is 46.3. The number of aromatic nitrogens is 1. The maximum absolute atomic E-state index is 9.49. The normalized spacial score (nSPS) is 18.2. The van der Waals surface area contributed by atoms with Crippen molar-refractivity contribution in [2.75, 3.05) is 9.80 Å². The molecule has 2 unspecified atom stereocenters. The summed E-state index contributed by atoms with van der Waals surface area (Å²) in [5.41, 5.74) is 21.1. The average molecular weight is 976 g/mol. The highest BCUT2D eigenvalue weighted by Gasteiger charge is 2.70. The predicted octanol–water partition coefficient (Wildman–Crippen LogP) is 18.1. The van der Waals surface area contributed by atoms with Gasteiger partial charge in [0.2, 0.25) is 5.69 Å². The maximum atomic E-state index is 9.49. The van der Waals surface area contributed by atoms with Crippen molar-refractivity contribution < 1.29 is 13.4 Å². The van der Waals surface area contributed by atoms with Gasteiger partial charge in [0.25, 0.3) is 0 Å². The van der Waals surface area contributed by atoms with Crippen molar-refractivity contribution in [1.82, 2.24) is 0 Å². The number of anilines is 3. The highest BCUT2D eigenvalue weighted by Crippen LogP contribution is 2.68. The first-order chi connectivity index (χ1) is 35.9. The Morgan fingerprint density at radius 2 is 1.07 bits per heavy atom. The van der Waals surface area contributed by atoms with Gasteiger partial charge in [0.1, 0.15) is 17.5 Å². The number of hydrogen-bond acceptors (Lipinski definition) is 3. The van der Waals surface area contributed by atoms with Crippen LogP contribution in [0.1, 0.15) is 159 Å². The fraction of sp³-hybridized carbons (Fsp3) is 0.329. The quantitative estimate of drug-likeness (QED) is 0.164. The summed E-state index contributed by atoms with van der Waals surface area (Å²) in [6.07, 6.45) is 1.72. The molecule has 4 heteroatoms. The van der Waals surface area contributed by atoms with Crippen LogP contribution in [0.2, 0.25) is 0 Å². The van der Waals surface area contributed by atoms with Crippen molar-refractivity contribution in [3.8, 4) is 61.5 Å². The summed E-state index contributed by atoms with van der Waals surface area (Å²) in [4.78, 5) is 4.87. The number of benzene rings is 7. The van der Waals surface area contributed by atoms with Crippen LogP contribution >= 0.6 is 0 Å². The van der Waals surface area contributed by atoms with E-state index in [2.05, 4.69) is 264 Å². The number of pyridine rings is 1. The molecule has 0 saturated carbocycles. The van der Waals surface area contributed by atoms with Gasteiger partial charge in [-0.15, -0.1) is 4.57 Å². The zero-order valence-electron chi connectivity index (χ0n) is 49.3. The molecule has 1 spiro atoms. The van der Waals surface area contributed by atoms with Gasteiger partial charge in [-0.25, -0.2) is 4.90 Å². The summed E-state index contributed by atoms with van der Waals surface area (Å²) in [5.74, 6) is -0.389. The second-order valence-corrected chi connectivity index (χ2v) is 26.8. The molecule has 4 nitrogen and oxygen atoms in total. The summed E-state index contributed by atoms with van der Waals surface area (Å²) in [5, 5.41) is 0. The SMILES string of the molecule is [2H]C([2H])([2H])c1cc(-c2cc(C(C)(C)C)cc(C(C)(C)C)c2)ccc1N1c2cccc3c2N2C1c1cc(C(C)(C)C)cc(C(C)(C)C)c1OC21c2c-3cc(-c3ccccc3)cc2-c2cc(-c3ccc(C(C)(C)C)cc3)cc[n+]21. The molecule has 74 heavy (non-hydrogen) atoms. The lowest BCUT2D eigenvalue weighted by atomic mass is 9.77. The molecule has 0 aliphatic carbocycles. The van der Waals surface area contributed by atoms with E-state index in [1.807, 2.05) is 6.07 Å². The smallest absolute Gasteiger partial charge is 0.410 e. The third-order valence-corrected chi connectivity index (χ3v) is 16.4. The Morgan fingerprint density at radius 3 is 1.70 bits per heavy atom. The van der Waals surface area contributed by atoms with Crippen LogP contribution in [0.3, 0.4) is 0 Å². The fourth-order valence-electron chi connectivity index (χ4n) is 12.1. The van der Waals surface area contributed by atoms with Crippen molar-refractivity contribution in [2.24, 2.45) is 0 Å². The molecule has 0 saturated heterocycles. The minimum Gasteiger partial charge on any atom is -0.410 e. The Hall–Kier alpha value is -6.91. The van der Waals surface area contributed by atoms with E-state index in [0.717, 1.165) is 89.6 Å².